The van der Waals surface area contributed by atoms with Crippen LogP contribution in [0.25, 0.3) is 0 Å². The van der Waals surface area contributed by atoms with Crippen LogP contribution in [0.2, 0.25) is 0 Å². The van der Waals surface area contributed by atoms with Crippen molar-refractivity contribution in [2.45, 2.75) is 25.4 Å². The van der Waals surface area contributed by atoms with Crippen molar-refractivity contribution in [1.29, 1.82) is 0 Å². The van der Waals surface area contributed by atoms with Gasteiger partial charge in [-0.05, 0) is 18.9 Å². The maximum atomic E-state index is 5.34. The smallest absolute Gasteiger partial charge is 0.124 e. The zero-order valence-electron chi connectivity index (χ0n) is 14.7. The molecule has 0 spiro atoms. The number of ether oxygens (including phenoxy) is 2. The minimum absolute atomic E-state index is 0.476. The van der Waals surface area contributed by atoms with Gasteiger partial charge in [0.25, 0.3) is 0 Å². The highest BCUT2D eigenvalue weighted by molar-refractivity contribution is 5.54. The highest BCUT2D eigenvalue weighted by atomic mass is 16.5. The van der Waals surface area contributed by atoms with E-state index in [1.165, 1.54) is 5.69 Å². The maximum Gasteiger partial charge on any atom is 0.124 e. The number of methoxy groups -OCH3 is 2. The molecule has 1 N–H and O–H groups in total. The summed E-state index contributed by atoms with van der Waals surface area (Å²) in [5, 5.41) is 7.86. The molecule has 1 aliphatic heterocycles. The number of nitrogens with zero attached hydrogens (tertiary/aromatic N) is 3. The quantitative estimate of drug-likeness (QED) is 0.882. The number of aromatic nitrogens is 2. The normalized spacial score (nSPS) is 16.1. The van der Waals surface area contributed by atoms with Gasteiger partial charge >= 0.3 is 0 Å². The number of hydrogen-bond acceptors (Lipinski definition) is 5. The Morgan fingerprint density at radius 2 is 1.79 bits per heavy atom. The van der Waals surface area contributed by atoms with Crippen LogP contribution in [-0.2, 0) is 13.6 Å². The minimum Gasteiger partial charge on any atom is -0.497 e. The summed E-state index contributed by atoms with van der Waals surface area (Å²) < 4.78 is 12.6. The number of nitrogens with one attached hydrogen (secondary N) is 1. The van der Waals surface area contributed by atoms with Crippen molar-refractivity contribution in [1.82, 2.24) is 14.7 Å². The molecule has 0 radical (unpaired) electrons. The van der Waals surface area contributed by atoms with E-state index in [0.29, 0.717) is 6.04 Å². The molecule has 3 rings (SSSR count). The molecule has 1 aromatic heterocycles. The third-order valence-electron chi connectivity index (χ3n) is 4.62. The fraction of sp³-hybridized carbons (Fsp3) is 0.500. The summed E-state index contributed by atoms with van der Waals surface area (Å²) in [6.07, 6.45) is 4.11. The Hall–Kier alpha value is -2.21. The second-order valence-electron chi connectivity index (χ2n) is 6.24. The van der Waals surface area contributed by atoms with Crippen molar-refractivity contribution in [3.63, 3.8) is 0 Å². The molecule has 1 aromatic carbocycles. The molecule has 1 fully saturated rings. The van der Waals surface area contributed by atoms with E-state index >= 15 is 0 Å². The summed E-state index contributed by atoms with van der Waals surface area (Å²) in [7, 11) is 5.35. The number of anilines is 1. The first-order valence-electron chi connectivity index (χ1n) is 8.37. The molecule has 24 heavy (non-hydrogen) atoms. The molecular formula is C18H26N4O2. The van der Waals surface area contributed by atoms with Crippen molar-refractivity contribution in [3.05, 3.63) is 36.2 Å². The molecule has 0 amide bonds. The second kappa shape index (κ2) is 7.57. The van der Waals surface area contributed by atoms with Crippen molar-refractivity contribution in [3.8, 4) is 11.5 Å². The van der Waals surface area contributed by atoms with Crippen LogP contribution < -0.4 is 14.8 Å². The fourth-order valence-corrected chi connectivity index (χ4v) is 3.15. The average molecular weight is 330 g/mol. The number of benzene rings is 1. The van der Waals surface area contributed by atoms with E-state index in [0.717, 1.165) is 49.7 Å². The number of piperidine rings is 1. The van der Waals surface area contributed by atoms with E-state index < -0.39 is 0 Å². The zero-order chi connectivity index (χ0) is 16.9. The Labute approximate surface area is 143 Å². The van der Waals surface area contributed by atoms with Crippen molar-refractivity contribution in [2.75, 3.05) is 32.6 Å². The van der Waals surface area contributed by atoms with Gasteiger partial charge in [-0.2, -0.15) is 5.10 Å². The third-order valence-corrected chi connectivity index (χ3v) is 4.62. The Morgan fingerprint density at radius 1 is 1.12 bits per heavy atom. The molecular weight excluding hydrogens is 304 g/mol. The molecule has 0 unspecified atom stereocenters. The molecule has 6 heteroatoms. The molecule has 0 atom stereocenters. The second-order valence-corrected chi connectivity index (χ2v) is 6.24. The molecule has 6 nitrogen and oxygen atoms in total. The number of rotatable bonds is 6. The Bertz CT molecular complexity index is 641. The van der Waals surface area contributed by atoms with Gasteiger partial charge in [-0.1, -0.05) is 0 Å². The Kier molecular flexibility index (Phi) is 5.25. The van der Waals surface area contributed by atoms with Gasteiger partial charge in [0, 0.05) is 62.8 Å². The monoisotopic (exact) mass is 330 g/mol. The summed E-state index contributed by atoms with van der Waals surface area (Å²) in [4.78, 5) is 2.49. The first-order chi connectivity index (χ1) is 11.7. The minimum atomic E-state index is 0.476. The Morgan fingerprint density at radius 3 is 2.33 bits per heavy atom. The number of hydrogen-bond donors (Lipinski definition) is 1. The lowest BCUT2D eigenvalue weighted by molar-refractivity contribution is 0.206. The maximum absolute atomic E-state index is 5.34. The van der Waals surface area contributed by atoms with Crippen LogP contribution in [0.15, 0.2) is 30.5 Å². The summed E-state index contributed by atoms with van der Waals surface area (Å²) >= 11 is 0. The molecule has 0 saturated carbocycles. The SMILES string of the molecule is COc1cc(NC2CCN(Cc3ccnn3C)CC2)cc(OC)c1. The zero-order valence-corrected chi connectivity index (χ0v) is 14.7. The lowest BCUT2D eigenvalue weighted by atomic mass is 10.0. The molecule has 1 saturated heterocycles. The third kappa shape index (κ3) is 4.00. The molecule has 1 aliphatic rings. The van der Waals surface area contributed by atoms with Crippen LogP contribution in [0, 0.1) is 0 Å². The average Bonchev–Trinajstić information content (AvgIpc) is 3.01. The van der Waals surface area contributed by atoms with Crippen LogP contribution in [0.1, 0.15) is 18.5 Å². The lowest BCUT2D eigenvalue weighted by Crippen LogP contribution is -2.39. The van der Waals surface area contributed by atoms with Gasteiger partial charge in [-0.25, -0.2) is 0 Å². The highest BCUT2D eigenvalue weighted by Crippen LogP contribution is 2.27. The Balaban J connectivity index is 1.54. The first kappa shape index (κ1) is 16.6. The van der Waals surface area contributed by atoms with Crippen molar-refractivity contribution >= 4 is 5.69 Å². The molecule has 0 bridgehead atoms. The van der Waals surface area contributed by atoms with Gasteiger partial charge < -0.3 is 14.8 Å². The number of aryl methyl sites for hydroxylation is 1. The van der Waals surface area contributed by atoms with Gasteiger partial charge in [0.1, 0.15) is 11.5 Å². The molecule has 0 aliphatic carbocycles. The van der Waals surface area contributed by atoms with Crippen LogP contribution in [-0.4, -0.2) is 48.0 Å². The van der Waals surface area contributed by atoms with Gasteiger partial charge in [0.2, 0.25) is 0 Å². The fourth-order valence-electron chi connectivity index (χ4n) is 3.15. The van der Waals surface area contributed by atoms with E-state index in [1.54, 1.807) is 14.2 Å². The van der Waals surface area contributed by atoms with E-state index in [-0.39, 0.29) is 0 Å². The van der Waals surface area contributed by atoms with Crippen LogP contribution in [0.3, 0.4) is 0 Å². The van der Waals surface area contributed by atoms with Crippen LogP contribution in [0.5, 0.6) is 11.5 Å². The van der Waals surface area contributed by atoms with Gasteiger partial charge in [-0.3, -0.25) is 9.58 Å². The summed E-state index contributed by atoms with van der Waals surface area (Å²) in [5.74, 6) is 1.62. The van der Waals surface area contributed by atoms with Gasteiger partial charge in [-0.15, -0.1) is 0 Å². The van der Waals surface area contributed by atoms with E-state index in [9.17, 15) is 0 Å². The highest BCUT2D eigenvalue weighted by Gasteiger charge is 2.20. The van der Waals surface area contributed by atoms with E-state index in [2.05, 4.69) is 21.4 Å². The largest absolute Gasteiger partial charge is 0.497 e. The molecule has 130 valence electrons. The molecule has 2 heterocycles. The summed E-state index contributed by atoms with van der Waals surface area (Å²) in [6.45, 7) is 3.14. The van der Waals surface area contributed by atoms with E-state index in [1.807, 2.05) is 36.1 Å². The lowest BCUT2D eigenvalue weighted by Gasteiger charge is -2.32. The summed E-state index contributed by atoms with van der Waals surface area (Å²) in [6, 6.07) is 8.49. The predicted octanol–water partition coefficient (Wildman–Crippen LogP) is 2.51. The molecule has 2 aromatic rings. The summed E-state index contributed by atoms with van der Waals surface area (Å²) in [5.41, 5.74) is 2.32. The van der Waals surface area contributed by atoms with Gasteiger partial charge in [0.05, 0.1) is 19.9 Å². The van der Waals surface area contributed by atoms with Crippen molar-refractivity contribution in [2.24, 2.45) is 7.05 Å². The van der Waals surface area contributed by atoms with Crippen LogP contribution in [0.4, 0.5) is 5.69 Å². The predicted molar refractivity (Wildman–Crippen MR) is 94.7 cm³/mol. The number of likely N-dealkylation sites (tertiary alicyclic amines) is 1. The van der Waals surface area contributed by atoms with Gasteiger partial charge in [0.15, 0.2) is 0 Å². The first-order valence-corrected chi connectivity index (χ1v) is 8.37. The van der Waals surface area contributed by atoms with Crippen LogP contribution >= 0.6 is 0 Å². The van der Waals surface area contributed by atoms with E-state index in [4.69, 9.17) is 9.47 Å². The topological polar surface area (TPSA) is 51.5 Å². The standard InChI is InChI=1S/C18H26N4O2/c1-21-16(4-7-19-21)13-22-8-5-14(6-9-22)20-15-10-17(23-2)12-18(11-15)24-3/h4,7,10-12,14,20H,5-6,8-9,13H2,1-3H3. The van der Waals surface area contributed by atoms with Crippen molar-refractivity contribution < 1.29 is 9.47 Å².